The van der Waals surface area contributed by atoms with Crippen molar-refractivity contribution in [1.82, 2.24) is 0 Å². The number of unbranched alkanes of at least 4 members (excludes halogenated alkanes) is 6. The minimum atomic E-state index is -0.581. The van der Waals surface area contributed by atoms with E-state index in [4.69, 9.17) is 11.5 Å². The van der Waals surface area contributed by atoms with E-state index in [1.807, 2.05) is 37.3 Å². The number of carbonyl (C=O) groups is 2. The number of carbonyl (C=O) groups excluding carboxylic acids is 2. The lowest BCUT2D eigenvalue weighted by Gasteiger charge is -2.26. The van der Waals surface area contributed by atoms with Crippen LogP contribution in [0.2, 0.25) is 0 Å². The molecule has 0 saturated carbocycles. The molecule has 2 amide bonds. The molecule has 0 radical (unpaired) electrons. The van der Waals surface area contributed by atoms with Crippen molar-refractivity contribution >= 4 is 11.8 Å². The molecule has 1 unspecified atom stereocenters. The van der Waals surface area contributed by atoms with Gasteiger partial charge in [0.2, 0.25) is 11.8 Å². The zero-order chi connectivity index (χ0) is 17.1. The van der Waals surface area contributed by atoms with E-state index < -0.39 is 5.41 Å². The molecule has 128 valence electrons. The van der Waals surface area contributed by atoms with Crippen molar-refractivity contribution < 1.29 is 9.59 Å². The van der Waals surface area contributed by atoms with Crippen LogP contribution < -0.4 is 11.5 Å². The molecule has 0 aromatic heterocycles. The van der Waals surface area contributed by atoms with E-state index in [2.05, 4.69) is 0 Å². The Kier molecular flexibility index (Phi) is 8.38. The molecule has 1 aromatic rings. The van der Waals surface area contributed by atoms with Crippen LogP contribution in [0.25, 0.3) is 0 Å². The molecule has 1 atom stereocenters. The topological polar surface area (TPSA) is 86.2 Å². The standard InChI is InChI=1S/C19H30N2O2/c1-19(18(21)23,16-12-8-7-9-13-16)15-11-6-4-2-3-5-10-14-17(20)22/h7-9,12-13H,2-6,10-11,14-15H2,1H3,(H2,20,22)(H2,21,23). The Morgan fingerprint density at radius 3 is 1.91 bits per heavy atom. The highest BCUT2D eigenvalue weighted by Gasteiger charge is 2.32. The SMILES string of the molecule is CC(CCCCCCCCCC(N)=O)(C(N)=O)c1ccccc1. The third kappa shape index (κ3) is 6.85. The van der Waals surface area contributed by atoms with Gasteiger partial charge in [0.25, 0.3) is 0 Å². The molecule has 0 aliphatic carbocycles. The van der Waals surface area contributed by atoms with E-state index in [0.29, 0.717) is 6.42 Å². The summed E-state index contributed by atoms with van der Waals surface area (Å²) in [4.78, 5) is 22.5. The summed E-state index contributed by atoms with van der Waals surface area (Å²) in [6.45, 7) is 1.94. The summed E-state index contributed by atoms with van der Waals surface area (Å²) in [5.74, 6) is -0.466. The summed E-state index contributed by atoms with van der Waals surface area (Å²) in [5.41, 5.74) is 11.2. The van der Waals surface area contributed by atoms with Crippen LogP contribution in [-0.4, -0.2) is 11.8 Å². The molecular weight excluding hydrogens is 288 g/mol. The molecular formula is C19H30N2O2. The third-order valence-electron chi connectivity index (χ3n) is 4.55. The van der Waals surface area contributed by atoms with Crippen molar-refractivity contribution in [1.29, 1.82) is 0 Å². The van der Waals surface area contributed by atoms with Crippen LogP contribution in [0.15, 0.2) is 30.3 Å². The summed E-state index contributed by atoms with van der Waals surface area (Å²) in [7, 11) is 0. The Morgan fingerprint density at radius 2 is 1.39 bits per heavy atom. The van der Waals surface area contributed by atoms with E-state index in [0.717, 1.165) is 56.9 Å². The monoisotopic (exact) mass is 318 g/mol. The highest BCUT2D eigenvalue weighted by Crippen LogP contribution is 2.29. The predicted octanol–water partition coefficient (Wildman–Crippen LogP) is 3.43. The molecule has 0 bridgehead atoms. The van der Waals surface area contributed by atoms with Gasteiger partial charge in [-0.1, -0.05) is 68.9 Å². The summed E-state index contributed by atoms with van der Waals surface area (Å²) in [6.07, 6.45) is 8.79. The number of amides is 2. The molecule has 0 saturated heterocycles. The second kappa shape index (κ2) is 10.0. The molecule has 1 aromatic carbocycles. The zero-order valence-corrected chi connectivity index (χ0v) is 14.2. The van der Waals surface area contributed by atoms with Gasteiger partial charge < -0.3 is 11.5 Å². The maximum absolute atomic E-state index is 11.9. The molecule has 0 heterocycles. The van der Waals surface area contributed by atoms with Gasteiger partial charge in [0.15, 0.2) is 0 Å². The Hall–Kier alpha value is -1.84. The Labute approximate surface area is 139 Å². The lowest BCUT2D eigenvalue weighted by atomic mass is 9.77. The maximum atomic E-state index is 11.9. The largest absolute Gasteiger partial charge is 0.370 e. The lowest BCUT2D eigenvalue weighted by molar-refractivity contribution is -0.123. The average Bonchev–Trinajstić information content (AvgIpc) is 2.53. The first-order valence-electron chi connectivity index (χ1n) is 8.60. The van der Waals surface area contributed by atoms with Crippen LogP contribution in [-0.2, 0) is 15.0 Å². The summed E-state index contributed by atoms with van der Waals surface area (Å²) < 4.78 is 0. The molecule has 0 fully saturated rings. The van der Waals surface area contributed by atoms with Gasteiger partial charge in [-0.25, -0.2) is 0 Å². The van der Waals surface area contributed by atoms with E-state index in [1.54, 1.807) is 0 Å². The smallest absolute Gasteiger partial charge is 0.227 e. The van der Waals surface area contributed by atoms with Gasteiger partial charge in [-0.15, -0.1) is 0 Å². The predicted molar refractivity (Wildman–Crippen MR) is 93.7 cm³/mol. The molecule has 0 aliphatic heterocycles. The van der Waals surface area contributed by atoms with Crippen molar-refractivity contribution in [2.45, 2.75) is 70.1 Å². The summed E-state index contributed by atoms with van der Waals surface area (Å²) >= 11 is 0. The van der Waals surface area contributed by atoms with Crippen LogP contribution in [0.1, 0.15) is 70.3 Å². The second-order valence-corrected chi connectivity index (χ2v) is 6.50. The fourth-order valence-electron chi connectivity index (χ4n) is 2.88. The second-order valence-electron chi connectivity index (χ2n) is 6.50. The van der Waals surface area contributed by atoms with Crippen LogP contribution in [0.3, 0.4) is 0 Å². The van der Waals surface area contributed by atoms with Crippen molar-refractivity contribution in [3.05, 3.63) is 35.9 Å². The quantitative estimate of drug-likeness (QED) is 0.578. The number of primary amides is 2. The van der Waals surface area contributed by atoms with Crippen LogP contribution in [0.5, 0.6) is 0 Å². The fourth-order valence-corrected chi connectivity index (χ4v) is 2.88. The van der Waals surface area contributed by atoms with Crippen LogP contribution >= 0.6 is 0 Å². The van der Waals surface area contributed by atoms with Gasteiger partial charge in [-0.05, 0) is 25.3 Å². The van der Waals surface area contributed by atoms with Gasteiger partial charge in [0, 0.05) is 6.42 Å². The van der Waals surface area contributed by atoms with Crippen molar-refractivity contribution in [2.24, 2.45) is 11.5 Å². The van der Waals surface area contributed by atoms with Crippen LogP contribution in [0, 0.1) is 0 Å². The average molecular weight is 318 g/mol. The molecule has 4 nitrogen and oxygen atoms in total. The first-order valence-corrected chi connectivity index (χ1v) is 8.60. The number of rotatable bonds is 12. The molecule has 4 heteroatoms. The fraction of sp³-hybridized carbons (Fsp3) is 0.579. The normalized spacial score (nSPS) is 13.4. The van der Waals surface area contributed by atoms with E-state index in [1.165, 1.54) is 0 Å². The lowest BCUT2D eigenvalue weighted by Crippen LogP contribution is -2.38. The van der Waals surface area contributed by atoms with Crippen molar-refractivity contribution in [3.8, 4) is 0 Å². The van der Waals surface area contributed by atoms with Crippen molar-refractivity contribution in [2.75, 3.05) is 0 Å². The zero-order valence-electron chi connectivity index (χ0n) is 14.2. The highest BCUT2D eigenvalue weighted by atomic mass is 16.1. The molecule has 1 rings (SSSR count). The molecule has 23 heavy (non-hydrogen) atoms. The summed E-state index contributed by atoms with van der Waals surface area (Å²) in [5, 5.41) is 0. The Balaban J connectivity index is 2.25. The first-order chi connectivity index (χ1) is 11.0. The molecule has 4 N–H and O–H groups in total. The maximum Gasteiger partial charge on any atom is 0.227 e. The third-order valence-corrected chi connectivity index (χ3v) is 4.55. The van der Waals surface area contributed by atoms with Crippen LogP contribution in [0.4, 0.5) is 0 Å². The van der Waals surface area contributed by atoms with Gasteiger partial charge in [-0.3, -0.25) is 9.59 Å². The Bertz CT molecular complexity index is 487. The molecule has 0 spiro atoms. The van der Waals surface area contributed by atoms with Gasteiger partial charge in [0.1, 0.15) is 0 Å². The number of benzene rings is 1. The highest BCUT2D eigenvalue weighted by molar-refractivity contribution is 5.86. The molecule has 0 aliphatic rings. The van der Waals surface area contributed by atoms with Gasteiger partial charge >= 0.3 is 0 Å². The van der Waals surface area contributed by atoms with Crippen molar-refractivity contribution in [3.63, 3.8) is 0 Å². The van der Waals surface area contributed by atoms with Gasteiger partial charge in [-0.2, -0.15) is 0 Å². The number of nitrogens with two attached hydrogens (primary N) is 2. The van der Waals surface area contributed by atoms with E-state index in [9.17, 15) is 9.59 Å². The minimum absolute atomic E-state index is 0.211. The van der Waals surface area contributed by atoms with Gasteiger partial charge in [0.05, 0.1) is 5.41 Å². The summed E-state index contributed by atoms with van der Waals surface area (Å²) in [6, 6.07) is 9.79. The minimum Gasteiger partial charge on any atom is -0.370 e. The van der Waals surface area contributed by atoms with E-state index in [-0.39, 0.29) is 11.8 Å². The Morgan fingerprint density at radius 1 is 0.870 bits per heavy atom. The van der Waals surface area contributed by atoms with E-state index >= 15 is 0 Å². The number of hydrogen-bond acceptors (Lipinski definition) is 2. The first kappa shape index (κ1) is 19.2. The number of hydrogen-bond donors (Lipinski definition) is 2.